The lowest BCUT2D eigenvalue weighted by Gasteiger charge is -2.32. The number of carbonyl (C=O) groups is 1. The summed E-state index contributed by atoms with van der Waals surface area (Å²) in [6.07, 6.45) is 1.45. The van der Waals surface area contributed by atoms with Gasteiger partial charge in [0.25, 0.3) is 0 Å². The van der Waals surface area contributed by atoms with E-state index in [4.69, 9.17) is 0 Å². The summed E-state index contributed by atoms with van der Waals surface area (Å²) in [5.41, 5.74) is 1.18. The summed E-state index contributed by atoms with van der Waals surface area (Å²) in [4.78, 5) is 13.5. The van der Waals surface area contributed by atoms with Crippen LogP contribution in [0.3, 0.4) is 0 Å². The van der Waals surface area contributed by atoms with Gasteiger partial charge >= 0.3 is 5.97 Å². The predicted molar refractivity (Wildman–Crippen MR) is 78.3 cm³/mol. The van der Waals surface area contributed by atoms with Crippen LogP contribution in [0.25, 0.3) is 0 Å². The number of hydrogen-bond acceptors (Lipinski definition) is 3. The second-order valence-corrected chi connectivity index (χ2v) is 5.72. The molecule has 0 spiro atoms. The largest absolute Gasteiger partial charge is 0.480 e. The van der Waals surface area contributed by atoms with Crippen LogP contribution in [0, 0.1) is 0 Å². The van der Waals surface area contributed by atoms with Crippen LogP contribution in [0.2, 0.25) is 0 Å². The highest BCUT2D eigenvalue weighted by Gasteiger charge is 2.26. The fourth-order valence-electron chi connectivity index (χ4n) is 2.45. The SMILES string of the molecule is O=C(O)C(CCc1cccc(Br)c1)N1CCNCC1. The first-order valence-corrected chi connectivity index (χ1v) is 7.38. The van der Waals surface area contributed by atoms with Gasteiger partial charge in [-0.25, -0.2) is 0 Å². The van der Waals surface area contributed by atoms with Gasteiger partial charge in [0.1, 0.15) is 6.04 Å². The first-order chi connectivity index (χ1) is 9.16. The number of hydrogen-bond donors (Lipinski definition) is 2. The molecule has 1 saturated heterocycles. The van der Waals surface area contributed by atoms with E-state index in [0.717, 1.165) is 37.1 Å². The minimum atomic E-state index is -0.711. The standard InChI is InChI=1S/C14H19BrN2O2/c15-12-3-1-2-11(10-12)4-5-13(14(18)19)17-8-6-16-7-9-17/h1-3,10,13,16H,4-9H2,(H,18,19). The van der Waals surface area contributed by atoms with Crippen molar-refractivity contribution in [2.75, 3.05) is 26.2 Å². The van der Waals surface area contributed by atoms with Gasteiger partial charge in [0.2, 0.25) is 0 Å². The fraction of sp³-hybridized carbons (Fsp3) is 0.500. The monoisotopic (exact) mass is 326 g/mol. The van der Waals surface area contributed by atoms with E-state index in [1.807, 2.05) is 18.2 Å². The van der Waals surface area contributed by atoms with Gasteiger partial charge in [0.05, 0.1) is 0 Å². The number of aliphatic carboxylic acids is 1. The number of halogens is 1. The summed E-state index contributed by atoms with van der Waals surface area (Å²) in [7, 11) is 0. The average molecular weight is 327 g/mol. The summed E-state index contributed by atoms with van der Waals surface area (Å²) in [6, 6.07) is 7.69. The number of benzene rings is 1. The maximum absolute atomic E-state index is 11.4. The van der Waals surface area contributed by atoms with E-state index in [2.05, 4.69) is 32.2 Å². The van der Waals surface area contributed by atoms with Crippen molar-refractivity contribution < 1.29 is 9.90 Å². The Labute approximate surface area is 121 Å². The van der Waals surface area contributed by atoms with Crippen molar-refractivity contribution in [3.63, 3.8) is 0 Å². The van der Waals surface area contributed by atoms with Gasteiger partial charge in [-0.05, 0) is 30.5 Å². The van der Waals surface area contributed by atoms with Crippen molar-refractivity contribution in [1.82, 2.24) is 10.2 Å². The summed E-state index contributed by atoms with van der Waals surface area (Å²) in [6.45, 7) is 3.38. The van der Waals surface area contributed by atoms with Crippen LogP contribution in [0.15, 0.2) is 28.7 Å². The van der Waals surface area contributed by atoms with Gasteiger partial charge in [-0.3, -0.25) is 9.69 Å². The summed E-state index contributed by atoms with van der Waals surface area (Å²) >= 11 is 3.44. The highest BCUT2D eigenvalue weighted by Crippen LogP contribution is 2.15. The number of carboxylic acids is 1. The molecule has 1 aliphatic rings. The Morgan fingerprint density at radius 3 is 2.79 bits per heavy atom. The van der Waals surface area contributed by atoms with Gasteiger partial charge in [0.15, 0.2) is 0 Å². The molecule has 19 heavy (non-hydrogen) atoms. The van der Waals surface area contributed by atoms with Crippen molar-refractivity contribution in [2.45, 2.75) is 18.9 Å². The normalized spacial score (nSPS) is 18.2. The molecule has 1 heterocycles. The maximum atomic E-state index is 11.4. The van der Waals surface area contributed by atoms with Crippen molar-refractivity contribution in [1.29, 1.82) is 0 Å². The van der Waals surface area contributed by atoms with Crippen molar-refractivity contribution >= 4 is 21.9 Å². The van der Waals surface area contributed by atoms with Crippen LogP contribution < -0.4 is 5.32 Å². The number of rotatable bonds is 5. The molecule has 5 heteroatoms. The average Bonchev–Trinajstić information content (AvgIpc) is 2.40. The lowest BCUT2D eigenvalue weighted by Crippen LogP contribution is -2.51. The molecule has 1 unspecified atom stereocenters. The molecule has 0 aromatic heterocycles. The van der Waals surface area contributed by atoms with Crippen molar-refractivity contribution in [3.8, 4) is 0 Å². The van der Waals surface area contributed by atoms with Gasteiger partial charge < -0.3 is 10.4 Å². The van der Waals surface area contributed by atoms with Crippen LogP contribution in [-0.2, 0) is 11.2 Å². The Morgan fingerprint density at radius 1 is 1.42 bits per heavy atom. The third-order valence-corrected chi connectivity index (χ3v) is 3.97. The molecule has 0 bridgehead atoms. The molecule has 1 atom stereocenters. The Bertz CT molecular complexity index is 433. The first kappa shape index (κ1) is 14.5. The molecule has 1 aromatic carbocycles. The third kappa shape index (κ3) is 4.30. The molecular weight excluding hydrogens is 308 g/mol. The first-order valence-electron chi connectivity index (χ1n) is 6.59. The number of aryl methyl sites for hydroxylation is 1. The number of carboxylic acid groups (broad SMARTS) is 1. The van der Waals surface area contributed by atoms with E-state index in [1.165, 1.54) is 5.56 Å². The Balaban J connectivity index is 1.95. The number of nitrogens with zero attached hydrogens (tertiary/aromatic N) is 1. The molecule has 4 nitrogen and oxygen atoms in total. The zero-order chi connectivity index (χ0) is 13.7. The summed E-state index contributed by atoms with van der Waals surface area (Å²) in [5, 5.41) is 12.6. The molecular formula is C14H19BrN2O2. The van der Waals surface area contributed by atoms with Gasteiger partial charge in [-0.1, -0.05) is 28.1 Å². The van der Waals surface area contributed by atoms with E-state index < -0.39 is 5.97 Å². The van der Waals surface area contributed by atoms with Crippen LogP contribution in [0.1, 0.15) is 12.0 Å². The van der Waals surface area contributed by atoms with Gasteiger partial charge in [-0.2, -0.15) is 0 Å². The molecule has 0 saturated carbocycles. The second kappa shape index (κ2) is 7.03. The zero-order valence-electron chi connectivity index (χ0n) is 10.8. The Morgan fingerprint density at radius 2 is 2.16 bits per heavy atom. The third-order valence-electron chi connectivity index (χ3n) is 3.47. The molecule has 1 fully saturated rings. The summed E-state index contributed by atoms with van der Waals surface area (Å²) < 4.78 is 1.04. The van der Waals surface area contributed by atoms with Gasteiger partial charge in [-0.15, -0.1) is 0 Å². The van der Waals surface area contributed by atoms with E-state index in [9.17, 15) is 9.90 Å². The van der Waals surface area contributed by atoms with Crippen LogP contribution in [-0.4, -0.2) is 48.2 Å². The number of piperazine rings is 1. The smallest absolute Gasteiger partial charge is 0.320 e. The second-order valence-electron chi connectivity index (χ2n) is 4.81. The molecule has 1 aromatic rings. The van der Waals surface area contributed by atoms with Crippen LogP contribution in [0.5, 0.6) is 0 Å². The molecule has 0 radical (unpaired) electrons. The van der Waals surface area contributed by atoms with Crippen molar-refractivity contribution in [2.24, 2.45) is 0 Å². The maximum Gasteiger partial charge on any atom is 0.320 e. The highest BCUT2D eigenvalue weighted by atomic mass is 79.9. The quantitative estimate of drug-likeness (QED) is 0.865. The van der Waals surface area contributed by atoms with E-state index in [-0.39, 0.29) is 6.04 Å². The molecule has 2 rings (SSSR count). The molecule has 0 amide bonds. The minimum absolute atomic E-state index is 0.374. The fourth-order valence-corrected chi connectivity index (χ4v) is 2.90. The van der Waals surface area contributed by atoms with Crippen LogP contribution in [0.4, 0.5) is 0 Å². The zero-order valence-corrected chi connectivity index (χ0v) is 12.4. The summed E-state index contributed by atoms with van der Waals surface area (Å²) in [5.74, 6) is -0.711. The van der Waals surface area contributed by atoms with Crippen LogP contribution >= 0.6 is 15.9 Å². The number of nitrogens with one attached hydrogen (secondary N) is 1. The molecule has 104 valence electrons. The van der Waals surface area contributed by atoms with E-state index in [0.29, 0.717) is 6.42 Å². The minimum Gasteiger partial charge on any atom is -0.480 e. The predicted octanol–water partition coefficient (Wildman–Crippen LogP) is 1.74. The topological polar surface area (TPSA) is 52.6 Å². The van der Waals surface area contributed by atoms with E-state index >= 15 is 0 Å². The van der Waals surface area contributed by atoms with Crippen molar-refractivity contribution in [3.05, 3.63) is 34.3 Å². The van der Waals surface area contributed by atoms with E-state index in [1.54, 1.807) is 0 Å². The Hall–Kier alpha value is -0.910. The van der Waals surface area contributed by atoms with Gasteiger partial charge in [0, 0.05) is 30.7 Å². The molecule has 2 N–H and O–H groups in total. The highest BCUT2D eigenvalue weighted by molar-refractivity contribution is 9.10. The lowest BCUT2D eigenvalue weighted by molar-refractivity contribution is -0.143. The molecule has 0 aliphatic carbocycles. The lowest BCUT2D eigenvalue weighted by atomic mass is 10.0. The molecule has 1 aliphatic heterocycles. The Kier molecular flexibility index (Phi) is 5.36.